The van der Waals surface area contributed by atoms with Crippen LogP contribution < -0.4 is 11.1 Å². The molecular weight excluding hydrogens is 743 g/mol. The average Bonchev–Trinajstić information content (AvgIpc) is 3.53. The number of carbonyl (C=O) groups is 4. The summed E-state index contributed by atoms with van der Waals surface area (Å²) in [4.78, 5) is 83.4. The number of aromatic amines is 1. The number of hydrogen-bond acceptors (Lipinski definition) is 16. The van der Waals surface area contributed by atoms with Gasteiger partial charge in [-0.25, -0.2) is 29.1 Å². The van der Waals surface area contributed by atoms with Crippen molar-refractivity contribution >= 4 is 31.5 Å². The lowest BCUT2D eigenvalue weighted by Crippen LogP contribution is -2.42. The van der Waals surface area contributed by atoms with Crippen LogP contribution in [0.2, 0.25) is 0 Å². The van der Waals surface area contributed by atoms with Crippen LogP contribution in [0.4, 0.5) is 0 Å². The molecule has 2 aromatic carbocycles. The number of ether oxygens (including phenoxy) is 5. The molecule has 1 saturated heterocycles. The standard InChI is InChI=1S/C30H33N2O11P.C6H6N2O3/c1-4-39-44(37,40-5-2)19-16-22-24(42-28(34)20-12-8-6-9-13-20)25(43-29(35)21-14-10-7-11-15-21)27(41-22)32-18-17-31-23(26(32)33)30(36)38-3;1-11-6(10)4-5(9)8-3-2-7-4/h6-15,17-18,22,24-25,27H,4-5,16,19H2,1-3H3;2-3H,1H3,(H,8,9)/t22-,24-,25-,27-;/m1./s1. The summed E-state index contributed by atoms with van der Waals surface area (Å²) in [5, 5.41) is 0. The Morgan fingerprint density at radius 3 is 1.82 bits per heavy atom. The molecule has 0 radical (unpaired) electrons. The summed E-state index contributed by atoms with van der Waals surface area (Å²) in [6.07, 6.45) is -0.231. The molecule has 0 amide bonds. The van der Waals surface area contributed by atoms with Gasteiger partial charge in [-0.1, -0.05) is 36.4 Å². The Kier molecular flexibility index (Phi) is 15.3. The third-order valence-electron chi connectivity index (χ3n) is 7.74. The molecule has 4 aromatic rings. The quantitative estimate of drug-likeness (QED) is 0.109. The second-order valence-corrected chi connectivity index (χ2v) is 13.4. The van der Waals surface area contributed by atoms with Gasteiger partial charge in [-0.05, 0) is 44.5 Å². The van der Waals surface area contributed by atoms with Gasteiger partial charge in [0.25, 0.3) is 11.1 Å². The monoisotopic (exact) mass is 782 g/mol. The van der Waals surface area contributed by atoms with Crippen molar-refractivity contribution in [2.24, 2.45) is 0 Å². The molecular formula is C36H39N4O14P. The van der Waals surface area contributed by atoms with Crippen molar-refractivity contribution in [3.05, 3.63) is 129 Å². The minimum atomic E-state index is -3.58. The number of hydrogen-bond donors (Lipinski definition) is 1. The maximum absolute atomic E-state index is 13.4. The number of esters is 4. The highest BCUT2D eigenvalue weighted by Gasteiger charge is 2.51. The number of H-pyrrole nitrogens is 1. The maximum atomic E-state index is 13.4. The van der Waals surface area contributed by atoms with Crippen molar-refractivity contribution in [2.75, 3.05) is 33.6 Å². The fraction of sp³-hybridized carbons (Fsp3) is 0.333. The Bertz CT molecular complexity index is 2080. The summed E-state index contributed by atoms with van der Waals surface area (Å²) in [6.45, 7) is 3.59. The molecule has 5 rings (SSSR count). The van der Waals surface area contributed by atoms with Gasteiger partial charge in [-0.15, -0.1) is 0 Å². The SMILES string of the molecule is CCOP(=O)(CC[C@H]1O[C@@H](n2ccnc(C(=O)OC)c2=O)[C@H](OC(=O)c2ccccc2)[C@@H]1OC(=O)c1ccccc1)OCC.COC(=O)c1ncc[nH]c1=O. The number of nitrogens with one attached hydrogen (secondary N) is 1. The zero-order valence-corrected chi connectivity index (χ0v) is 31.1. The lowest BCUT2D eigenvalue weighted by Gasteiger charge is -2.25. The summed E-state index contributed by atoms with van der Waals surface area (Å²) >= 11 is 0. The van der Waals surface area contributed by atoms with Crippen molar-refractivity contribution < 1.29 is 56.5 Å². The molecule has 0 spiro atoms. The molecule has 0 unspecified atom stereocenters. The van der Waals surface area contributed by atoms with Gasteiger partial charge in [-0.3, -0.25) is 18.7 Å². The third-order valence-corrected chi connectivity index (χ3v) is 9.85. The first-order chi connectivity index (χ1) is 26.5. The number of benzene rings is 2. The Labute approximate surface area is 314 Å². The molecule has 1 aliphatic heterocycles. The van der Waals surface area contributed by atoms with E-state index in [0.29, 0.717) is 0 Å². The van der Waals surface area contributed by atoms with E-state index in [1.165, 1.54) is 44.0 Å². The zero-order valence-electron chi connectivity index (χ0n) is 30.2. The molecule has 18 nitrogen and oxygen atoms in total. The predicted octanol–water partition coefficient (Wildman–Crippen LogP) is 3.59. The number of carbonyl (C=O) groups excluding carboxylic acids is 4. The van der Waals surface area contributed by atoms with Crippen molar-refractivity contribution in [3.63, 3.8) is 0 Å². The Morgan fingerprint density at radius 2 is 1.29 bits per heavy atom. The van der Waals surface area contributed by atoms with E-state index in [1.807, 2.05) is 0 Å². The Morgan fingerprint density at radius 1 is 0.764 bits per heavy atom. The molecule has 4 atom stereocenters. The molecule has 0 bridgehead atoms. The first kappa shape index (κ1) is 41.9. The summed E-state index contributed by atoms with van der Waals surface area (Å²) in [5.41, 5.74) is -1.80. The van der Waals surface area contributed by atoms with Crippen LogP contribution in [-0.4, -0.2) is 95.3 Å². The van der Waals surface area contributed by atoms with E-state index in [1.54, 1.807) is 62.4 Å². The van der Waals surface area contributed by atoms with E-state index < -0.39 is 72.8 Å². The molecule has 3 heterocycles. The second kappa shape index (κ2) is 20.0. The van der Waals surface area contributed by atoms with E-state index in [2.05, 4.69) is 24.4 Å². The largest absolute Gasteiger partial charge is 0.464 e. The van der Waals surface area contributed by atoms with Crippen LogP contribution in [0.3, 0.4) is 0 Å². The van der Waals surface area contributed by atoms with Gasteiger partial charge in [0.2, 0.25) is 11.4 Å². The smallest absolute Gasteiger partial charge is 0.362 e. The molecule has 1 fully saturated rings. The van der Waals surface area contributed by atoms with Crippen LogP contribution >= 0.6 is 7.60 Å². The average molecular weight is 783 g/mol. The molecule has 55 heavy (non-hydrogen) atoms. The highest BCUT2D eigenvalue weighted by atomic mass is 31.2. The van der Waals surface area contributed by atoms with E-state index >= 15 is 0 Å². The third kappa shape index (κ3) is 10.9. The van der Waals surface area contributed by atoms with Crippen LogP contribution in [0.15, 0.2) is 95.0 Å². The fourth-order valence-corrected chi connectivity index (χ4v) is 6.96. The molecule has 1 aliphatic rings. The van der Waals surface area contributed by atoms with Gasteiger partial charge in [0.1, 0.15) is 6.10 Å². The van der Waals surface area contributed by atoms with Gasteiger partial charge in [0, 0.05) is 24.8 Å². The Balaban J connectivity index is 0.000000525. The zero-order chi connectivity index (χ0) is 40.0. The van der Waals surface area contributed by atoms with Gasteiger partial charge in [0.05, 0.1) is 44.7 Å². The summed E-state index contributed by atoms with van der Waals surface area (Å²) in [6, 6.07) is 16.2. The Hall–Kier alpha value is -5.81. The predicted molar refractivity (Wildman–Crippen MR) is 192 cm³/mol. The molecule has 19 heteroatoms. The summed E-state index contributed by atoms with van der Waals surface area (Å²) in [5.74, 6) is -3.25. The van der Waals surface area contributed by atoms with Crippen LogP contribution in [0.1, 0.15) is 68.2 Å². The van der Waals surface area contributed by atoms with Crippen molar-refractivity contribution in [2.45, 2.75) is 44.8 Å². The van der Waals surface area contributed by atoms with Gasteiger partial charge >= 0.3 is 31.5 Å². The van der Waals surface area contributed by atoms with E-state index in [4.69, 9.17) is 23.3 Å². The first-order valence-electron chi connectivity index (χ1n) is 16.8. The highest BCUT2D eigenvalue weighted by molar-refractivity contribution is 7.53. The van der Waals surface area contributed by atoms with Gasteiger partial charge in [-0.2, -0.15) is 0 Å². The van der Waals surface area contributed by atoms with Crippen LogP contribution in [0.25, 0.3) is 0 Å². The van der Waals surface area contributed by atoms with Gasteiger partial charge < -0.3 is 37.7 Å². The molecule has 0 saturated carbocycles. The normalized spacial score (nSPS) is 17.6. The molecule has 2 aromatic heterocycles. The van der Waals surface area contributed by atoms with Crippen LogP contribution in [0.5, 0.6) is 0 Å². The summed E-state index contributed by atoms with van der Waals surface area (Å²) in [7, 11) is -1.29. The lowest BCUT2D eigenvalue weighted by molar-refractivity contribution is -0.0523. The van der Waals surface area contributed by atoms with Crippen molar-refractivity contribution in [1.82, 2.24) is 19.5 Å². The fourth-order valence-electron chi connectivity index (χ4n) is 5.26. The van der Waals surface area contributed by atoms with Crippen molar-refractivity contribution in [3.8, 4) is 0 Å². The minimum absolute atomic E-state index is 0.0381. The molecule has 0 aliphatic carbocycles. The van der Waals surface area contributed by atoms with Crippen LogP contribution in [0, 0.1) is 0 Å². The first-order valence-corrected chi connectivity index (χ1v) is 18.5. The number of aromatic nitrogens is 4. The van der Waals surface area contributed by atoms with E-state index in [9.17, 15) is 33.3 Å². The number of rotatable bonds is 14. The molecule has 1 N–H and O–H groups in total. The maximum Gasteiger partial charge on any atom is 0.362 e. The summed E-state index contributed by atoms with van der Waals surface area (Å²) < 4.78 is 52.2. The van der Waals surface area contributed by atoms with Gasteiger partial charge in [0.15, 0.2) is 18.4 Å². The van der Waals surface area contributed by atoms with Crippen LogP contribution in [-0.2, 0) is 37.3 Å². The second-order valence-electron chi connectivity index (χ2n) is 11.2. The highest BCUT2D eigenvalue weighted by Crippen LogP contribution is 2.50. The minimum Gasteiger partial charge on any atom is -0.464 e. The molecule has 292 valence electrons. The number of nitrogens with zero attached hydrogens (tertiary/aromatic N) is 3. The van der Waals surface area contributed by atoms with E-state index in [0.717, 1.165) is 11.7 Å². The van der Waals surface area contributed by atoms with Crippen molar-refractivity contribution in [1.29, 1.82) is 0 Å². The topological polar surface area (TPSA) is 231 Å². The lowest BCUT2D eigenvalue weighted by atomic mass is 10.1. The number of methoxy groups -OCH3 is 2. The van der Waals surface area contributed by atoms with E-state index in [-0.39, 0.29) is 42.6 Å².